The first kappa shape index (κ1) is 18.9. The summed E-state index contributed by atoms with van der Waals surface area (Å²) in [5.74, 6) is 1.90. The monoisotopic (exact) mass is 411 g/mol. The van der Waals surface area contributed by atoms with Crippen molar-refractivity contribution >= 4 is 35.2 Å². The van der Waals surface area contributed by atoms with Crippen LogP contribution < -0.4 is 9.47 Å². The quantitative estimate of drug-likeness (QED) is 0.505. The van der Waals surface area contributed by atoms with E-state index in [2.05, 4.69) is 10.00 Å². The molecule has 6 nitrogen and oxygen atoms in total. The number of ether oxygens (including phenoxy) is 2. The van der Waals surface area contributed by atoms with Gasteiger partial charge in [-0.25, -0.2) is 4.68 Å². The predicted molar refractivity (Wildman–Crippen MR) is 103 cm³/mol. The second-order valence-corrected chi connectivity index (χ2v) is 7.74. The Morgan fingerprint density at radius 3 is 2.62 bits per heavy atom. The summed E-state index contributed by atoms with van der Waals surface area (Å²) in [6, 6.07) is 11.2. The molecule has 0 bridgehead atoms. The molecule has 0 atom stereocenters. The molecule has 0 aliphatic rings. The lowest BCUT2D eigenvalue weighted by atomic mass is 10.3. The molecule has 3 aromatic rings. The fourth-order valence-corrected chi connectivity index (χ4v) is 3.66. The van der Waals surface area contributed by atoms with Crippen LogP contribution in [0, 0.1) is 4.84 Å². The van der Waals surface area contributed by atoms with Gasteiger partial charge in [0.2, 0.25) is 0 Å². The molecule has 0 fully saturated rings. The van der Waals surface area contributed by atoms with Gasteiger partial charge >= 0.3 is 0 Å². The van der Waals surface area contributed by atoms with Crippen molar-refractivity contribution in [1.29, 1.82) is 0 Å². The van der Waals surface area contributed by atoms with E-state index in [0.717, 1.165) is 16.6 Å². The van der Waals surface area contributed by atoms with E-state index in [9.17, 15) is 0 Å². The maximum Gasteiger partial charge on any atom is 0.288 e. The second kappa shape index (κ2) is 8.68. The van der Waals surface area contributed by atoms with Gasteiger partial charge in [-0.15, -0.1) is 16.4 Å². The molecule has 0 spiro atoms. The third-order valence-corrected chi connectivity index (χ3v) is 5.01. The highest BCUT2D eigenvalue weighted by atomic mass is 35.5. The van der Waals surface area contributed by atoms with Crippen molar-refractivity contribution < 1.29 is 13.9 Å². The Hall–Kier alpha value is -1.87. The zero-order valence-corrected chi connectivity index (χ0v) is 16.7. The third-order valence-electron chi connectivity index (χ3n) is 3.50. The van der Waals surface area contributed by atoms with Crippen molar-refractivity contribution in [2.24, 2.45) is 0 Å². The lowest BCUT2D eigenvalue weighted by molar-refractivity contribution is 0.242. The zero-order valence-electron chi connectivity index (χ0n) is 14.3. The van der Waals surface area contributed by atoms with E-state index in [1.807, 2.05) is 43.4 Å². The largest absolute Gasteiger partial charge is 0.497 e. The van der Waals surface area contributed by atoms with E-state index in [4.69, 9.17) is 37.7 Å². The number of hydrogen-bond acceptors (Lipinski definition) is 7. The smallest absolute Gasteiger partial charge is 0.288 e. The normalized spacial score (nSPS) is 11.1. The van der Waals surface area contributed by atoms with Crippen molar-refractivity contribution in [3.63, 3.8) is 0 Å². The maximum atomic E-state index is 5.96. The van der Waals surface area contributed by atoms with E-state index in [1.165, 1.54) is 4.88 Å². The molecule has 0 amide bonds. The molecule has 138 valence electrons. The summed E-state index contributed by atoms with van der Waals surface area (Å²) in [5, 5.41) is 4.38. The molecular weight excluding hydrogens is 394 g/mol. The predicted octanol–water partition coefficient (Wildman–Crippen LogP) is 4.60. The molecule has 0 saturated carbocycles. The molecule has 9 heteroatoms. The lowest BCUT2D eigenvalue weighted by Gasteiger charge is -2.14. The van der Waals surface area contributed by atoms with Gasteiger partial charge in [-0.2, -0.15) is 0 Å². The first-order valence-corrected chi connectivity index (χ1v) is 9.40. The van der Waals surface area contributed by atoms with Gasteiger partial charge in [0, 0.05) is 11.4 Å². The summed E-state index contributed by atoms with van der Waals surface area (Å²) in [4.78, 5) is 3.57. The Bertz CT molecular complexity index is 905. The van der Waals surface area contributed by atoms with Crippen molar-refractivity contribution in [1.82, 2.24) is 14.7 Å². The Morgan fingerprint density at radius 1 is 1.23 bits per heavy atom. The van der Waals surface area contributed by atoms with Gasteiger partial charge in [0.15, 0.2) is 6.61 Å². The second-order valence-electron chi connectivity index (χ2n) is 5.59. The summed E-state index contributed by atoms with van der Waals surface area (Å²) < 4.78 is 18.7. The number of rotatable bonds is 8. The number of benzene rings is 1. The topological polar surface area (TPSA) is 52.7 Å². The van der Waals surface area contributed by atoms with Gasteiger partial charge in [0.25, 0.3) is 10.7 Å². The van der Waals surface area contributed by atoms with Crippen LogP contribution in [-0.4, -0.2) is 28.8 Å². The minimum absolute atomic E-state index is 0.202. The Labute approximate surface area is 165 Å². The number of hydrogen-bond donors (Lipinski definition) is 0. The van der Waals surface area contributed by atoms with Crippen LogP contribution in [0.2, 0.25) is 4.34 Å². The van der Waals surface area contributed by atoms with Crippen molar-refractivity contribution in [3.05, 3.63) is 56.3 Å². The van der Waals surface area contributed by atoms with E-state index >= 15 is 0 Å². The van der Waals surface area contributed by atoms with Crippen LogP contribution in [0.3, 0.4) is 0 Å². The summed E-state index contributed by atoms with van der Waals surface area (Å²) in [6.45, 7) is 1.47. The molecule has 0 radical (unpaired) electrons. The molecule has 3 rings (SSSR count). The number of aromatic nitrogens is 2. The molecule has 2 aromatic heterocycles. The molecule has 26 heavy (non-hydrogen) atoms. The Kier molecular flexibility index (Phi) is 6.31. The van der Waals surface area contributed by atoms with Crippen LogP contribution in [0.15, 0.2) is 40.8 Å². The average Bonchev–Trinajstić information content (AvgIpc) is 3.19. The molecular formula is C17H18ClN3O3S2. The van der Waals surface area contributed by atoms with Crippen LogP contribution >= 0.6 is 35.2 Å². The third kappa shape index (κ3) is 5.07. The first-order chi connectivity index (χ1) is 12.5. The van der Waals surface area contributed by atoms with E-state index in [0.29, 0.717) is 23.1 Å². The van der Waals surface area contributed by atoms with Crippen LogP contribution in [0.1, 0.15) is 10.8 Å². The van der Waals surface area contributed by atoms with Crippen molar-refractivity contribution in [3.8, 4) is 11.5 Å². The van der Waals surface area contributed by atoms with Crippen molar-refractivity contribution in [2.45, 2.75) is 19.8 Å². The molecule has 0 aliphatic heterocycles. The summed E-state index contributed by atoms with van der Waals surface area (Å²) in [5.41, 5.74) is 0. The molecule has 1 aromatic carbocycles. The molecule has 2 heterocycles. The summed E-state index contributed by atoms with van der Waals surface area (Å²) in [6.07, 6.45) is 0. The molecule has 0 saturated heterocycles. The minimum atomic E-state index is 0.202. The van der Waals surface area contributed by atoms with Gasteiger partial charge in [-0.05, 0) is 55.7 Å². The van der Waals surface area contributed by atoms with Gasteiger partial charge in [0.05, 0.1) is 18.1 Å². The minimum Gasteiger partial charge on any atom is -0.497 e. The van der Waals surface area contributed by atoms with E-state index in [-0.39, 0.29) is 6.61 Å². The highest BCUT2D eigenvalue weighted by molar-refractivity contribution is 7.71. The molecule has 0 aliphatic carbocycles. The fraction of sp³-hybridized carbons (Fsp3) is 0.294. The first-order valence-electron chi connectivity index (χ1n) is 7.80. The number of halogens is 1. The summed E-state index contributed by atoms with van der Waals surface area (Å²) >= 11 is 12.8. The Morgan fingerprint density at radius 2 is 1.96 bits per heavy atom. The van der Waals surface area contributed by atoms with Crippen LogP contribution in [0.5, 0.6) is 11.5 Å². The van der Waals surface area contributed by atoms with Crippen LogP contribution in [-0.2, 0) is 19.8 Å². The summed E-state index contributed by atoms with van der Waals surface area (Å²) in [7, 11) is 3.61. The standard InChI is InChI=1S/C17H18ClN3O3S2/c1-20(9-14-7-8-15(18)26-14)11-21-17(25)24-16(19-21)10-23-13-5-3-12(22-2)4-6-13/h3-8H,9-11H2,1-2H3. The zero-order chi connectivity index (χ0) is 18.5. The van der Waals surface area contributed by atoms with E-state index in [1.54, 1.807) is 23.1 Å². The van der Waals surface area contributed by atoms with Crippen LogP contribution in [0.25, 0.3) is 0 Å². The maximum absolute atomic E-state index is 5.96. The Balaban J connectivity index is 1.56. The highest BCUT2D eigenvalue weighted by Gasteiger charge is 2.10. The fourth-order valence-electron chi connectivity index (χ4n) is 2.30. The van der Waals surface area contributed by atoms with Gasteiger partial charge in [0.1, 0.15) is 11.5 Å². The van der Waals surface area contributed by atoms with Gasteiger partial charge in [-0.1, -0.05) is 11.6 Å². The average molecular weight is 412 g/mol. The molecule has 0 unspecified atom stereocenters. The number of nitrogens with zero attached hydrogens (tertiary/aromatic N) is 3. The lowest BCUT2D eigenvalue weighted by Crippen LogP contribution is -2.22. The van der Waals surface area contributed by atoms with Gasteiger partial charge < -0.3 is 13.9 Å². The molecule has 0 N–H and O–H groups in total. The van der Waals surface area contributed by atoms with E-state index < -0.39 is 0 Å². The van der Waals surface area contributed by atoms with Crippen molar-refractivity contribution in [2.75, 3.05) is 14.2 Å². The number of methoxy groups -OCH3 is 1. The SMILES string of the molecule is COc1ccc(OCc2nn(CN(C)Cc3ccc(Cl)s3)c(=S)o2)cc1. The highest BCUT2D eigenvalue weighted by Crippen LogP contribution is 2.22. The number of thiophene rings is 1. The van der Waals surface area contributed by atoms with Crippen LogP contribution in [0.4, 0.5) is 0 Å². The van der Waals surface area contributed by atoms with Gasteiger partial charge in [-0.3, -0.25) is 4.90 Å².